The number of nitrogens with zero attached hydrogens (tertiary/aromatic N) is 2. The van der Waals surface area contributed by atoms with Gasteiger partial charge in [-0.1, -0.05) is 35.5 Å². The maximum atomic E-state index is 11.6. The molecule has 6 nitrogen and oxygen atoms in total. The van der Waals surface area contributed by atoms with Crippen LogP contribution in [0.1, 0.15) is 24.4 Å². The first-order chi connectivity index (χ1) is 8.75. The molecule has 0 fully saturated rings. The van der Waals surface area contributed by atoms with Crippen molar-refractivity contribution in [1.82, 2.24) is 20.8 Å². The fourth-order valence-electron chi connectivity index (χ4n) is 1.46. The number of benzene rings is 1. The molecular weight excluding hydrogens is 232 g/mol. The van der Waals surface area contributed by atoms with Crippen LogP contribution in [-0.4, -0.2) is 16.2 Å². The van der Waals surface area contributed by atoms with Gasteiger partial charge in [-0.25, -0.2) is 4.79 Å². The van der Waals surface area contributed by atoms with Crippen molar-refractivity contribution in [2.45, 2.75) is 19.5 Å². The Hall–Kier alpha value is -2.37. The number of aromatic nitrogens is 2. The van der Waals surface area contributed by atoms with E-state index in [4.69, 9.17) is 0 Å². The molecule has 1 heterocycles. The number of carbonyl (C=O) groups excluding carboxylic acids is 1. The molecule has 2 aromatic rings. The minimum atomic E-state index is -0.292. The van der Waals surface area contributed by atoms with Crippen molar-refractivity contribution in [2.24, 2.45) is 0 Å². The smallest absolute Gasteiger partial charge is 0.315 e. The minimum Gasteiger partial charge on any atom is -0.343 e. The summed E-state index contributed by atoms with van der Waals surface area (Å²) in [7, 11) is 0. The zero-order chi connectivity index (χ0) is 12.8. The summed E-state index contributed by atoms with van der Waals surface area (Å²) >= 11 is 0. The largest absolute Gasteiger partial charge is 0.343 e. The molecule has 0 radical (unpaired) electrons. The number of amides is 2. The summed E-state index contributed by atoms with van der Waals surface area (Å²) in [6.07, 6.45) is 1.23. The molecule has 0 aliphatic carbocycles. The Bertz CT molecular complexity index is 484. The van der Waals surface area contributed by atoms with Gasteiger partial charge in [-0.05, 0) is 12.5 Å². The fourth-order valence-corrected chi connectivity index (χ4v) is 1.46. The van der Waals surface area contributed by atoms with E-state index in [9.17, 15) is 4.79 Å². The first-order valence-corrected chi connectivity index (χ1v) is 5.60. The van der Waals surface area contributed by atoms with Gasteiger partial charge in [-0.15, -0.1) is 0 Å². The molecular formula is C12H14N4O2. The van der Waals surface area contributed by atoms with Gasteiger partial charge >= 0.3 is 6.03 Å². The zero-order valence-electron chi connectivity index (χ0n) is 9.96. The van der Waals surface area contributed by atoms with Gasteiger partial charge in [0.05, 0.1) is 6.04 Å². The van der Waals surface area contributed by atoms with Crippen molar-refractivity contribution in [1.29, 1.82) is 0 Å². The first kappa shape index (κ1) is 12.1. The van der Waals surface area contributed by atoms with E-state index in [0.717, 1.165) is 5.56 Å². The SMILES string of the molecule is CC(NC(=O)NCc1ccccc1)c1ncon1. The maximum absolute atomic E-state index is 11.6. The highest BCUT2D eigenvalue weighted by molar-refractivity contribution is 5.74. The van der Waals surface area contributed by atoms with Crippen LogP contribution in [-0.2, 0) is 6.54 Å². The van der Waals surface area contributed by atoms with E-state index in [1.165, 1.54) is 6.39 Å². The standard InChI is InChI=1S/C12H14N4O2/c1-9(11-14-8-18-16-11)15-12(17)13-7-10-5-3-2-4-6-10/h2-6,8-9H,7H2,1H3,(H2,13,15,17). The van der Waals surface area contributed by atoms with E-state index >= 15 is 0 Å². The number of carbonyl (C=O) groups is 1. The lowest BCUT2D eigenvalue weighted by Crippen LogP contribution is -2.36. The molecule has 0 saturated heterocycles. The second kappa shape index (κ2) is 5.81. The van der Waals surface area contributed by atoms with Crippen LogP contribution in [0, 0.1) is 0 Å². The summed E-state index contributed by atoms with van der Waals surface area (Å²) in [4.78, 5) is 15.5. The summed E-state index contributed by atoms with van der Waals surface area (Å²) < 4.78 is 4.61. The molecule has 1 aromatic carbocycles. The van der Waals surface area contributed by atoms with Gasteiger partial charge < -0.3 is 15.2 Å². The molecule has 0 aliphatic rings. The summed E-state index contributed by atoms with van der Waals surface area (Å²) in [5.41, 5.74) is 1.04. The fraction of sp³-hybridized carbons (Fsp3) is 0.250. The van der Waals surface area contributed by atoms with Crippen LogP contribution in [0.25, 0.3) is 0 Å². The number of hydrogen-bond acceptors (Lipinski definition) is 4. The third kappa shape index (κ3) is 3.31. The van der Waals surface area contributed by atoms with Crippen LogP contribution in [0.15, 0.2) is 41.2 Å². The van der Waals surface area contributed by atoms with E-state index < -0.39 is 0 Å². The van der Waals surface area contributed by atoms with Crippen molar-refractivity contribution < 1.29 is 9.32 Å². The van der Waals surface area contributed by atoms with Gasteiger partial charge in [0.1, 0.15) is 0 Å². The number of urea groups is 1. The average Bonchev–Trinajstić information content (AvgIpc) is 2.91. The highest BCUT2D eigenvalue weighted by Crippen LogP contribution is 2.04. The molecule has 0 spiro atoms. The Morgan fingerprint density at radius 1 is 1.39 bits per heavy atom. The predicted molar refractivity (Wildman–Crippen MR) is 64.5 cm³/mol. The number of hydrogen-bond donors (Lipinski definition) is 2. The van der Waals surface area contributed by atoms with E-state index in [1.807, 2.05) is 30.3 Å². The highest BCUT2D eigenvalue weighted by atomic mass is 16.5. The summed E-state index contributed by atoms with van der Waals surface area (Å²) in [5, 5.41) is 9.13. The lowest BCUT2D eigenvalue weighted by Gasteiger charge is -2.11. The van der Waals surface area contributed by atoms with Crippen LogP contribution in [0.5, 0.6) is 0 Å². The van der Waals surface area contributed by atoms with Gasteiger partial charge in [0.15, 0.2) is 5.82 Å². The quantitative estimate of drug-likeness (QED) is 0.859. The predicted octanol–water partition coefficient (Wildman–Crippen LogP) is 1.63. The molecule has 94 valence electrons. The third-order valence-electron chi connectivity index (χ3n) is 2.41. The van der Waals surface area contributed by atoms with E-state index in [2.05, 4.69) is 25.3 Å². The summed E-state index contributed by atoms with van der Waals surface area (Å²) in [6.45, 7) is 2.26. The van der Waals surface area contributed by atoms with Crippen molar-refractivity contribution in [3.8, 4) is 0 Å². The Labute approximate surface area is 104 Å². The second-order valence-electron chi connectivity index (χ2n) is 3.82. The lowest BCUT2D eigenvalue weighted by atomic mass is 10.2. The summed E-state index contributed by atoms with van der Waals surface area (Å²) in [6, 6.07) is 9.12. The first-order valence-electron chi connectivity index (χ1n) is 5.60. The van der Waals surface area contributed by atoms with Crippen LogP contribution in [0.3, 0.4) is 0 Å². The summed E-state index contributed by atoms with van der Waals surface area (Å²) in [5.74, 6) is 0.449. The molecule has 2 rings (SSSR count). The topological polar surface area (TPSA) is 80.0 Å². The molecule has 2 N–H and O–H groups in total. The van der Waals surface area contributed by atoms with Crippen molar-refractivity contribution >= 4 is 6.03 Å². The van der Waals surface area contributed by atoms with Gasteiger partial charge in [-0.2, -0.15) is 4.98 Å². The van der Waals surface area contributed by atoms with Crippen LogP contribution < -0.4 is 10.6 Å². The number of rotatable bonds is 4. The van der Waals surface area contributed by atoms with E-state index in [1.54, 1.807) is 6.92 Å². The molecule has 0 aliphatic heterocycles. The van der Waals surface area contributed by atoms with Crippen LogP contribution in [0.2, 0.25) is 0 Å². The zero-order valence-corrected chi connectivity index (χ0v) is 9.96. The molecule has 2 amide bonds. The monoisotopic (exact) mass is 246 g/mol. The van der Waals surface area contributed by atoms with Gasteiger partial charge in [-0.3, -0.25) is 0 Å². The maximum Gasteiger partial charge on any atom is 0.315 e. The Balaban J connectivity index is 1.79. The molecule has 1 atom stereocenters. The van der Waals surface area contributed by atoms with Crippen molar-refractivity contribution in [3.63, 3.8) is 0 Å². The Morgan fingerprint density at radius 3 is 2.83 bits per heavy atom. The van der Waals surface area contributed by atoms with Gasteiger partial charge in [0.25, 0.3) is 0 Å². The second-order valence-corrected chi connectivity index (χ2v) is 3.82. The Kier molecular flexibility index (Phi) is 3.90. The normalized spacial score (nSPS) is 11.8. The molecule has 18 heavy (non-hydrogen) atoms. The van der Waals surface area contributed by atoms with E-state index in [-0.39, 0.29) is 12.1 Å². The third-order valence-corrected chi connectivity index (χ3v) is 2.41. The average molecular weight is 246 g/mol. The molecule has 1 aromatic heterocycles. The molecule has 0 bridgehead atoms. The Morgan fingerprint density at radius 2 is 2.17 bits per heavy atom. The lowest BCUT2D eigenvalue weighted by molar-refractivity contribution is 0.236. The van der Waals surface area contributed by atoms with Gasteiger partial charge in [0, 0.05) is 6.54 Å². The molecule has 1 unspecified atom stereocenters. The number of nitrogens with one attached hydrogen (secondary N) is 2. The highest BCUT2D eigenvalue weighted by Gasteiger charge is 2.12. The van der Waals surface area contributed by atoms with Crippen LogP contribution >= 0.6 is 0 Å². The minimum absolute atomic E-state index is 0.267. The van der Waals surface area contributed by atoms with E-state index in [0.29, 0.717) is 12.4 Å². The van der Waals surface area contributed by atoms with Crippen molar-refractivity contribution in [3.05, 3.63) is 48.1 Å². The molecule has 6 heteroatoms. The molecule has 0 saturated carbocycles. The van der Waals surface area contributed by atoms with Crippen LogP contribution in [0.4, 0.5) is 4.79 Å². The van der Waals surface area contributed by atoms with Gasteiger partial charge in [0.2, 0.25) is 6.39 Å². The van der Waals surface area contributed by atoms with Crippen molar-refractivity contribution in [2.75, 3.05) is 0 Å².